The molecule has 1 N–H and O–H groups in total. The monoisotopic (exact) mass is 353 g/mol. The van der Waals surface area contributed by atoms with Gasteiger partial charge in [-0.3, -0.25) is 9.78 Å². The molecule has 0 bridgehead atoms. The van der Waals surface area contributed by atoms with Gasteiger partial charge >= 0.3 is 0 Å². The Morgan fingerprint density at radius 1 is 1.23 bits per heavy atom. The van der Waals surface area contributed by atoms with Crippen molar-refractivity contribution in [3.05, 3.63) is 52.4 Å². The summed E-state index contributed by atoms with van der Waals surface area (Å²) in [6.07, 6.45) is 1.54. The second-order valence-corrected chi connectivity index (χ2v) is 7.57. The Morgan fingerprint density at radius 3 is 2.73 bits per heavy atom. The average molecular weight is 353 g/mol. The van der Waals surface area contributed by atoms with E-state index < -0.39 is 0 Å². The van der Waals surface area contributed by atoms with Gasteiger partial charge in [-0.1, -0.05) is 30.3 Å². The summed E-state index contributed by atoms with van der Waals surface area (Å²) in [4.78, 5) is 22.2. The molecule has 3 aromatic rings. The summed E-state index contributed by atoms with van der Waals surface area (Å²) < 4.78 is 7.72. The molecule has 3 heterocycles. The quantitative estimate of drug-likeness (QED) is 0.766. The van der Waals surface area contributed by atoms with Crippen LogP contribution in [0.1, 0.15) is 32.4 Å². The van der Waals surface area contributed by atoms with Gasteiger partial charge in [-0.25, -0.2) is 4.68 Å². The van der Waals surface area contributed by atoms with Crippen molar-refractivity contribution in [3.8, 4) is 0 Å². The minimum atomic E-state index is -0.253. The maximum absolute atomic E-state index is 12.5. The lowest BCUT2D eigenvalue weighted by molar-refractivity contribution is 0.0392. The van der Waals surface area contributed by atoms with E-state index in [4.69, 9.17) is 9.72 Å². The van der Waals surface area contributed by atoms with Crippen molar-refractivity contribution in [1.29, 1.82) is 0 Å². The maximum atomic E-state index is 12.5. The third-order valence-corrected chi connectivity index (χ3v) is 4.60. The van der Waals surface area contributed by atoms with Gasteiger partial charge in [0.15, 0.2) is 5.65 Å². The first kappa shape index (κ1) is 16.8. The average Bonchev–Trinajstić information content (AvgIpc) is 3.07. The Morgan fingerprint density at radius 2 is 2.00 bits per heavy atom. The van der Waals surface area contributed by atoms with E-state index in [0.29, 0.717) is 36.7 Å². The van der Waals surface area contributed by atoms with Crippen molar-refractivity contribution >= 4 is 17.0 Å². The summed E-state index contributed by atoms with van der Waals surface area (Å²) in [6.45, 7) is 8.04. The van der Waals surface area contributed by atoms with Crippen LogP contribution >= 0.6 is 0 Å². The second-order valence-electron chi connectivity index (χ2n) is 7.57. The van der Waals surface area contributed by atoms with Gasteiger partial charge in [0.25, 0.3) is 5.56 Å². The van der Waals surface area contributed by atoms with Crippen LogP contribution in [-0.2, 0) is 10.3 Å². The number of morpholine rings is 1. The van der Waals surface area contributed by atoms with Crippen LogP contribution in [0.5, 0.6) is 0 Å². The van der Waals surface area contributed by atoms with E-state index in [1.165, 1.54) is 0 Å². The zero-order chi connectivity index (χ0) is 18.3. The molecule has 7 nitrogen and oxygen atoms in total. The smallest absolute Gasteiger partial charge is 0.263 e. The van der Waals surface area contributed by atoms with Crippen LogP contribution in [0.2, 0.25) is 0 Å². The van der Waals surface area contributed by atoms with Gasteiger partial charge in [-0.05, 0) is 26.3 Å². The van der Waals surface area contributed by atoms with E-state index in [1.54, 1.807) is 10.9 Å². The molecule has 1 aliphatic heterocycles. The predicted molar refractivity (Wildman–Crippen MR) is 100 cm³/mol. The Kier molecular flexibility index (Phi) is 4.03. The molecule has 1 aliphatic rings. The first-order valence-corrected chi connectivity index (χ1v) is 8.83. The van der Waals surface area contributed by atoms with Crippen molar-refractivity contribution in [3.63, 3.8) is 0 Å². The largest absolute Gasteiger partial charge is 0.370 e. The van der Waals surface area contributed by atoms with Crippen LogP contribution in [-0.4, -0.2) is 39.4 Å². The van der Waals surface area contributed by atoms with E-state index in [9.17, 15) is 4.79 Å². The van der Waals surface area contributed by atoms with Crippen molar-refractivity contribution in [2.75, 3.05) is 24.6 Å². The van der Waals surface area contributed by atoms with Crippen LogP contribution in [0, 0.1) is 0 Å². The molecule has 136 valence electrons. The van der Waals surface area contributed by atoms with Crippen LogP contribution in [0.15, 0.2) is 41.3 Å². The Labute approximate surface area is 151 Å². The Balaban J connectivity index is 1.71. The van der Waals surface area contributed by atoms with Crippen LogP contribution in [0.25, 0.3) is 11.0 Å². The highest BCUT2D eigenvalue weighted by molar-refractivity contribution is 5.74. The molecule has 0 radical (unpaired) electrons. The fourth-order valence-corrected chi connectivity index (χ4v) is 3.26. The van der Waals surface area contributed by atoms with Gasteiger partial charge < -0.3 is 9.64 Å². The molecule has 0 unspecified atom stereocenters. The van der Waals surface area contributed by atoms with Crippen LogP contribution in [0.3, 0.4) is 0 Å². The first-order chi connectivity index (χ1) is 12.4. The fourth-order valence-electron chi connectivity index (χ4n) is 3.26. The highest BCUT2D eigenvalue weighted by atomic mass is 16.5. The van der Waals surface area contributed by atoms with Gasteiger partial charge in [-0.2, -0.15) is 10.1 Å². The molecular formula is C19H23N5O2. The van der Waals surface area contributed by atoms with Crippen molar-refractivity contribution in [2.24, 2.45) is 0 Å². The van der Waals surface area contributed by atoms with E-state index in [-0.39, 0.29) is 17.2 Å². The molecule has 0 amide bonds. The molecular weight excluding hydrogens is 330 g/mol. The zero-order valence-corrected chi connectivity index (χ0v) is 15.3. The van der Waals surface area contributed by atoms with Gasteiger partial charge in [0.1, 0.15) is 11.5 Å². The molecule has 1 atom stereocenters. The number of benzene rings is 1. The standard InChI is InChI=1S/C19H23N5O2/c1-19(2,3)24-16-14(11-20-24)17(25)22-18(21-16)23-9-10-26-15(12-23)13-7-5-4-6-8-13/h4-8,11,15H,9-10,12H2,1-3H3,(H,21,22,25)/t15-/m0/s1. The number of H-pyrrole nitrogens is 1. The van der Waals surface area contributed by atoms with Crippen molar-refractivity contribution in [1.82, 2.24) is 19.7 Å². The van der Waals surface area contributed by atoms with Crippen LogP contribution < -0.4 is 10.5 Å². The Hall–Kier alpha value is -2.67. The lowest BCUT2D eigenvalue weighted by Gasteiger charge is -2.33. The van der Waals surface area contributed by atoms with Gasteiger partial charge in [0, 0.05) is 6.54 Å². The molecule has 2 aromatic heterocycles. The summed E-state index contributed by atoms with van der Waals surface area (Å²) in [7, 11) is 0. The number of fused-ring (bicyclic) bond motifs is 1. The predicted octanol–water partition coefficient (Wildman–Crippen LogP) is 2.45. The van der Waals surface area contributed by atoms with E-state index in [0.717, 1.165) is 5.56 Å². The number of hydrogen-bond donors (Lipinski definition) is 1. The molecule has 7 heteroatoms. The third-order valence-electron chi connectivity index (χ3n) is 4.60. The molecule has 0 saturated carbocycles. The molecule has 0 spiro atoms. The normalized spacial score (nSPS) is 18.4. The molecule has 26 heavy (non-hydrogen) atoms. The maximum Gasteiger partial charge on any atom is 0.263 e. The topological polar surface area (TPSA) is 76.0 Å². The van der Waals surface area contributed by atoms with Gasteiger partial charge in [0.05, 0.1) is 24.9 Å². The van der Waals surface area contributed by atoms with Gasteiger partial charge in [0.2, 0.25) is 5.95 Å². The fraction of sp³-hybridized carbons (Fsp3) is 0.421. The SMILES string of the molecule is CC(C)(C)n1ncc2c(=O)[nH]c(N3CCO[C@H](c4ccccc4)C3)nc21. The number of anilines is 1. The molecule has 1 fully saturated rings. The van der Waals surface area contributed by atoms with E-state index >= 15 is 0 Å². The molecule has 1 saturated heterocycles. The molecule has 1 aromatic carbocycles. The highest BCUT2D eigenvalue weighted by Crippen LogP contribution is 2.25. The van der Waals surface area contributed by atoms with E-state index in [2.05, 4.69) is 27.1 Å². The van der Waals surface area contributed by atoms with Gasteiger partial charge in [-0.15, -0.1) is 0 Å². The van der Waals surface area contributed by atoms with Crippen molar-refractivity contribution < 1.29 is 4.74 Å². The summed E-state index contributed by atoms with van der Waals surface area (Å²) in [5.74, 6) is 0.567. The summed E-state index contributed by atoms with van der Waals surface area (Å²) in [5, 5.41) is 4.88. The summed E-state index contributed by atoms with van der Waals surface area (Å²) in [5.41, 5.74) is 1.32. The van der Waals surface area contributed by atoms with Crippen molar-refractivity contribution in [2.45, 2.75) is 32.4 Å². The number of nitrogens with one attached hydrogen (secondary N) is 1. The minimum absolute atomic E-state index is 0.0431. The summed E-state index contributed by atoms with van der Waals surface area (Å²) in [6, 6.07) is 10.1. The Bertz CT molecular complexity index is 971. The van der Waals surface area contributed by atoms with Crippen LogP contribution in [0.4, 0.5) is 5.95 Å². The number of aromatic nitrogens is 4. The molecule has 4 rings (SSSR count). The number of nitrogens with zero attached hydrogens (tertiary/aromatic N) is 4. The lowest BCUT2D eigenvalue weighted by atomic mass is 10.1. The first-order valence-electron chi connectivity index (χ1n) is 8.83. The number of ether oxygens (including phenoxy) is 1. The molecule has 0 aliphatic carbocycles. The third kappa shape index (κ3) is 2.99. The highest BCUT2D eigenvalue weighted by Gasteiger charge is 2.25. The zero-order valence-electron chi connectivity index (χ0n) is 15.3. The minimum Gasteiger partial charge on any atom is -0.370 e. The summed E-state index contributed by atoms with van der Waals surface area (Å²) >= 11 is 0. The van der Waals surface area contributed by atoms with E-state index in [1.807, 2.05) is 39.0 Å². The lowest BCUT2D eigenvalue weighted by Crippen LogP contribution is -2.40. The number of aromatic amines is 1. The second kappa shape index (κ2) is 6.25. The number of rotatable bonds is 2. The number of hydrogen-bond acceptors (Lipinski definition) is 5.